The SMILES string of the molecule is Cc1cc(Nc2ccc3c(c2)c(N)cc(C)[n+]3C)nc(N)[n+]1C.Cl.Cl.[HH]. The van der Waals surface area contributed by atoms with E-state index in [0.717, 1.165) is 33.7 Å². The maximum atomic E-state index is 6.18. The molecule has 0 aliphatic carbocycles. The van der Waals surface area contributed by atoms with E-state index in [4.69, 9.17) is 11.5 Å². The summed E-state index contributed by atoms with van der Waals surface area (Å²) in [6.07, 6.45) is 0. The Labute approximate surface area is 161 Å². The lowest BCUT2D eigenvalue weighted by atomic mass is 10.1. The number of benzene rings is 1. The third-order valence-corrected chi connectivity index (χ3v) is 4.29. The van der Waals surface area contributed by atoms with Crippen LogP contribution in [0.5, 0.6) is 0 Å². The van der Waals surface area contributed by atoms with E-state index in [2.05, 4.69) is 20.9 Å². The van der Waals surface area contributed by atoms with Gasteiger partial charge in [0.15, 0.2) is 5.69 Å². The highest BCUT2D eigenvalue weighted by Gasteiger charge is 2.14. The molecule has 2 heterocycles. The number of hydrogen-bond acceptors (Lipinski definition) is 4. The average Bonchev–Trinajstić information content (AvgIpc) is 2.50. The van der Waals surface area contributed by atoms with Crippen molar-refractivity contribution in [1.29, 1.82) is 0 Å². The molecule has 0 saturated heterocycles. The van der Waals surface area contributed by atoms with Gasteiger partial charge in [-0.15, -0.1) is 24.8 Å². The molecule has 0 radical (unpaired) electrons. The summed E-state index contributed by atoms with van der Waals surface area (Å²) in [6, 6.07) is 10.0. The molecule has 1 aromatic carbocycles. The molecular formula is C17H26Cl2N6+2. The van der Waals surface area contributed by atoms with Gasteiger partial charge >= 0.3 is 5.95 Å². The molecular weight excluding hydrogens is 359 g/mol. The van der Waals surface area contributed by atoms with E-state index < -0.39 is 0 Å². The summed E-state index contributed by atoms with van der Waals surface area (Å²) in [6.45, 7) is 4.03. The van der Waals surface area contributed by atoms with E-state index in [0.29, 0.717) is 11.8 Å². The smallest absolute Gasteiger partial charge is 0.391 e. The number of nitrogen functional groups attached to an aromatic ring is 2. The van der Waals surface area contributed by atoms with Gasteiger partial charge in [0, 0.05) is 32.2 Å². The van der Waals surface area contributed by atoms with Crippen molar-refractivity contribution >= 4 is 58.9 Å². The third-order valence-electron chi connectivity index (χ3n) is 4.29. The van der Waals surface area contributed by atoms with Crippen LogP contribution in [0.2, 0.25) is 0 Å². The normalized spacial score (nSPS) is 10.1. The molecule has 0 spiro atoms. The lowest BCUT2D eigenvalue weighted by Gasteiger charge is -2.08. The highest BCUT2D eigenvalue weighted by molar-refractivity contribution is 5.91. The van der Waals surface area contributed by atoms with Crippen molar-refractivity contribution in [2.24, 2.45) is 14.1 Å². The molecule has 0 aliphatic heterocycles. The first kappa shape index (κ1) is 20.7. The van der Waals surface area contributed by atoms with E-state index in [1.54, 1.807) is 0 Å². The lowest BCUT2D eigenvalue weighted by Crippen LogP contribution is -2.36. The van der Waals surface area contributed by atoms with Crippen LogP contribution in [0.25, 0.3) is 10.9 Å². The topological polar surface area (TPSA) is 84.7 Å². The Balaban J connectivity index is 0.00000208. The summed E-state index contributed by atoms with van der Waals surface area (Å²) in [5.74, 6) is 1.18. The lowest BCUT2D eigenvalue weighted by molar-refractivity contribution is -0.665. The summed E-state index contributed by atoms with van der Waals surface area (Å²) >= 11 is 0. The Bertz CT molecular complexity index is 910. The molecule has 0 unspecified atom stereocenters. The molecule has 25 heavy (non-hydrogen) atoms. The van der Waals surface area contributed by atoms with Gasteiger partial charge in [0.05, 0.1) is 23.8 Å². The zero-order valence-electron chi connectivity index (χ0n) is 14.7. The van der Waals surface area contributed by atoms with E-state index >= 15 is 0 Å². The van der Waals surface area contributed by atoms with E-state index in [9.17, 15) is 0 Å². The van der Waals surface area contributed by atoms with Crippen molar-refractivity contribution in [2.45, 2.75) is 13.8 Å². The quantitative estimate of drug-likeness (QED) is 0.592. The number of fused-ring (bicyclic) bond motifs is 1. The Morgan fingerprint density at radius 2 is 1.60 bits per heavy atom. The van der Waals surface area contributed by atoms with Crippen molar-refractivity contribution in [3.8, 4) is 0 Å². The maximum absolute atomic E-state index is 6.18. The molecule has 8 heteroatoms. The monoisotopic (exact) mass is 384 g/mol. The second-order valence-corrected chi connectivity index (χ2v) is 5.86. The summed E-state index contributed by atoms with van der Waals surface area (Å²) in [4.78, 5) is 4.36. The van der Waals surface area contributed by atoms with Gasteiger partial charge in [0.2, 0.25) is 11.3 Å². The molecule has 0 aliphatic rings. The molecule has 136 valence electrons. The van der Waals surface area contributed by atoms with Crippen LogP contribution in [-0.2, 0) is 14.1 Å². The van der Waals surface area contributed by atoms with Crippen LogP contribution in [0.1, 0.15) is 12.8 Å². The summed E-state index contributed by atoms with van der Waals surface area (Å²) < 4.78 is 3.96. The predicted molar refractivity (Wildman–Crippen MR) is 109 cm³/mol. The largest absolute Gasteiger partial charge is 0.398 e. The first-order valence-corrected chi connectivity index (χ1v) is 7.46. The van der Waals surface area contributed by atoms with E-state index in [1.165, 1.54) is 0 Å². The van der Waals surface area contributed by atoms with Gasteiger partial charge in [-0.2, -0.15) is 4.57 Å². The molecule has 3 aromatic rings. The number of pyridine rings is 1. The summed E-state index contributed by atoms with van der Waals surface area (Å²) in [5.41, 5.74) is 17.0. The highest BCUT2D eigenvalue weighted by atomic mass is 35.5. The van der Waals surface area contributed by atoms with Crippen molar-refractivity contribution in [1.82, 2.24) is 4.98 Å². The maximum Gasteiger partial charge on any atom is 0.391 e. The molecule has 6 nitrogen and oxygen atoms in total. The number of nitrogens with zero attached hydrogens (tertiary/aromatic N) is 3. The van der Waals surface area contributed by atoms with Gasteiger partial charge in [-0.05, 0) is 19.1 Å². The minimum atomic E-state index is 0. The van der Waals surface area contributed by atoms with Crippen LogP contribution in [0, 0.1) is 13.8 Å². The minimum absolute atomic E-state index is 0. The van der Waals surface area contributed by atoms with Crippen molar-refractivity contribution in [3.63, 3.8) is 0 Å². The minimum Gasteiger partial charge on any atom is -0.398 e. The molecule has 0 fully saturated rings. The number of aryl methyl sites for hydroxylation is 3. The molecule has 0 amide bonds. The van der Waals surface area contributed by atoms with Gasteiger partial charge in [-0.25, -0.2) is 4.57 Å². The number of aromatic nitrogens is 3. The standard InChI is InChI=1S/C17H20N6.2ClH.H2/c1-10-7-14(18)13-9-12(5-6-15(13)22(10)3)20-16-8-11(2)23(4)17(19)21-16;;;/h5-9,18H,1-4H3,(H2,19,20,21);3*1H/p+2. The Kier molecular flexibility index (Phi) is 6.40. The van der Waals surface area contributed by atoms with Gasteiger partial charge in [-0.3, -0.25) is 5.73 Å². The van der Waals surface area contributed by atoms with Crippen LogP contribution >= 0.6 is 24.8 Å². The number of hydrogen-bond donors (Lipinski definition) is 3. The molecule has 2 aromatic heterocycles. The molecule has 0 bridgehead atoms. The molecule has 0 saturated carbocycles. The molecule has 5 N–H and O–H groups in total. The van der Waals surface area contributed by atoms with Gasteiger partial charge in [0.25, 0.3) is 0 Å². The van der Waals surface area contributed by atoms with Crippen molar-refractivity contribution in [3.05, 3.63) is 41.7 Å². The van der Waals surface area contributed by atoms with Crippen LogP contribution in [-0.4, -0.2) is 4.98 Å². The summed E-state index contributed by atoms with van der Waals surface area (Å²) in [5, 5.41) is 4.31. The second-order valence-electron chi connectivity index (χ2n) is 5.86. The fraction of sp³-hybridized carbons (Fsp3) is 0.235. The number of rotatable bonds is 2. The average molecular weight is 385 g/mol. The number of anilines is 4. The van der Waals surface area contributed by atoms with Gasteiger partial charge < -0.3 is 11.1 Å². The fourth-order valence-electron chi connectivity index (χ4n) is 2.65. The number of nitrogens with two attached hydrogens (primary N) is 2. The van der Waals surface area contributed by atoms with Crippen LogP contribution in [0.4, 0.5) is 23.1 Å². The Morgan fingerprint density at radius 1 is 0.960 bits per heavy atom. The first-order chi connectivity index (χ1) is 10.9. The third kappa shape index (κ3) is 3.86. The fourth-order valence-corrected chi connectivity index (χ4v) is 2.65. The second kappa shape index (κ2) is 7.72. The van der Waals surface area contributed by atoms with Crippen molar-refractivity contribution < 1.29 is 10.6 Å². The zero-order chi connectivity index (χ0) is 16.7. The predicted octanol–water partition coefficient (Wildman–Crippen LogP) is 2.50. The first-order valence-electron chi connectivity index (χ1n) is 7.46. The van der Waals surface area contributed by atoms with Crippen molar-refractivity contribution in [2.75, 3.05) is 16.8 Å². The van der Waals surface area contributed by atoms with Crippen LogP contribution in [0.3, 0.4) is 0 Å². The van der Waals surface area contributed by atoms with E-state index in [1.807, 2.05) is 56.8 Å². The van der Waals surface area contributed by atoms with Crippen LogP contribution < -0.4 is 25.9 Å². The summed E-state index contributed by atoms with van der Waals surface area (Å²) in [7, 11) is 3.92. The number of halogens is 2. The Hall–Kier alpha value is -2.31. The van der Waals surface area contributed by atoms with E-state index in [-0.39, 0.29) is 26.2 Å². The van der Waals surface area contributed by atoms with Crippen LogP contribution in [0.15, 0.2) is 30.3 Å². The molecule has 0 atom stereocenters. The highest BCUT2D eigenvalue weighted by Crippen LogP contribution is 2.24. The van der Waals surface area contributed by atoms with Gasteiger partial charge in [0.1, 0.15) is 7.05 Å². The number of nitrogens with one attached hydrogen (secondary N) is 1. The Morgan fingerprint density at radius 3 is 2.24 bits per heavy atom. The molecule has 3 rings (SSSR count). The zero-order valence-corrected chi connectivity index (χ0v) is 16.3. The van der Waals surface area contributed by atoms with Gasteiger partial charge in [-0.1, -0.05) is 4.98 Å².